The highest BCUT2D eigenvalue weighted by Gasteiger charge is 2.19. The number of aromatic nitrogens is 4. The van der Waals surface area contributed by atoms with Gasteiger partial charge in [0.25, 0.3) is 5.78 Å². The summed E-state index contributed by atoms with van der Waals surface area (Å²) in [5.41, 5.74) is -0.100. The average molecular weight is 219 g/mol. The fourth-order valence-electron chi connectivity index (χ4n) is 2.12. The van der Waals surface area contributed by atoms with E-state index in [9.17, 15) is 4.79 Å². The molecule has 2 aromatic rings. The van der Waals surface area contributed by atoms with Crippen LogP contribution in [0.2, 0.25) is 0 Å². The van der Waals surface area contributed by atoms with Crippen LogP contribution in [-0.2, 0) is 0 Å². The molecule has 1 saturated heterocycles. The third-order valence-electron chi connectivity index (χ3n) is 2.94. The Balaban J connectivity index is 2.09. The molecule has 0 aliphatic carbocycles. The van der Waals surface area contributed by atoms with Gasteiger partial charge in [0.1, 0.15) is 0 Å². The van der Waals surface area contributed by atoms with E-state index < -0.39 is 0 Å². The average Bonchev–Trinajstić information content (AvgIpc) is 2.69. The first-order valence-corrected chi connectivity index (χ1v) is 5.49. The largest absolute Gasteiger partial charge is 0.351 e. The molecule has 0 aromatic carbocycles. The van der Waals surface area contributed by atoms with Crippen LogP contribution in [0.3, 0.4) is 0 Å². The maximum atomic E-state index is 12.0. The minimum Gasteiger partial charge on any atom is -0.315 e. The zero-order valence-corrected chi connectivity index (χ0v) is 8.83. The number of hydrogen-bond donors (Lipinski definition) is 1. The van der Waals surface area contributed by atoms with E-state index in [1.54, 1.807) is 23.1 Å². The van der Waals surface area contributed by atoms with Crippen LogP contribution in [0.4, 0.5) is 0 Å². The standard InChI is InChI=1S/C10H13N5O/c16-10-14-6-2-5-12-9(14)13-15(10)8-3-1-4-11-7-8/h2,5-6,8,11H,1,3-4,7H2. The Labute approximate surface area is 91.9 Å². The molecule has 0 saturated carbocycles. The molecule has 6 nitrogen and oxygen atoms in total. The molecule has 0 radical (unpaired) electrons. The summed E-state index contributed by atoms with van der Waals surface area (Å²) >= 11 is 0. The fraction of sp³-hybridized carbons (Fsp3) is 0.500. The van der Waals surface area contributed by atoms with Crippen molar-refractivity contribution in [1.29, 1.82) is 0 Å². The van der Waals surface area contributed by atoms with Crippen LogP contribution in [-0.4, -0.2) is 32.3 Å². The van der Waals surface area contributed by atoms with E-state index in [0.29, 0.717) is 5.78 Å². The second kappa shape index (κ2) is 3.71. The van der Waals surface area contributed by atoms with Crippen molar-refractivity contribution < 1.29 is 0 Å². The van der Waals surface area contributed by atoms with Crippen LogP contribution in [0.1, 0.15) is 18.9 Å². The van der Waals surface area contributed by atoms with E-state index in [1.807, 2.05) is 0 Å². The highest BCUT2D eigenvalue weighted by Crippen LogP contribution is 2.13. The molecule has 2 aromatic heterocycles. The second-order valence-electron chi connectivity index (χ2n) is 4.02. The first-order valence-electron chi connectivity index (χ1n) is 5.49. The molecule has 1 unspecified atom stereocenters. The monoisotopic (exact) mass is 219 g/mol. The first kappa shape index (κ1) is 9.53. The number of nitrogens with zero attached hydrogens (tertiary/aromatic N) is 4. The van der Waals surface area contributed by atoms with Gasteiger partial charge in [-0.05, 0) is 25.5 Å². The van der Waals surface area contributed by atoms with Crippen LogP contribution in [0, 0.1) is 0 Å². The zero-order valence-electron chi connectivity index (χ0n) is 8.83. The van der Waals surface area contributed by atoms with Crippen molar-refractivity contribution in [3.8, 4) is 0 Å². The Hall–Kier alpha value is -1.69. The molecule has 1 aliphatic rings. The molecule has 1 atom stereocenters. The van der Waals surface area contributed by atoms with Crippen molar-refractivity contribution in [3.05, 3.63) is 28.9 Å². The minimum atomic E-state index is -0.100. The number of fused-ring (bicyclic) bond motifs is 1. The SMILES string of the molecule is O=c1n(C2CCCNC2)nc2ncccn12. The lowest BCUT2D eigenvalue weighted by atomic mass is 10.1. The van der Waals surface area contributed by atoms with Gasteiger partial charge in [-0.3, -0.25) is 0 Å². The van der Waals surface area contributed by atoms with Gasteiger partial charge in [0.05, 0.1) is 6.04 Å². The highest BCUT2D eigenvalue weighted by atomic mass is 16.2. The lowest BCUT2D eigenvalue weighted by Gasteiger charge is -2.21. The zero-order chi connectivity index (χ0) is 11.0. The van der Waals surface area contributed by atoms with Crippen molar-refractivity contribution in [2.24, 2.45) is 0 Å². The number of rotatable bonds is 1. The molecule has 1 N–H and O–H groups in total. The van der Waals surface area contributed by atoms with E-state index in [1.165, 1.54) is 4.40 Å². The lowest BCUT2D eigenvalue weighted by Crippen LogP contribution is -2.36. The van der Waals surface area contributed by atoms with E-state index in [-0.39, 0.29) is 11.7 Å². The summed E-state index contributed by atoms with van der Waals surface area (Å²) in [6.45, 7) is 1.83. The quantitative estimate of drug-likeness (QED) is 0.722. The first-order chi connectivity index (χ1) is 7.86. The second-order valence-corrected chi connectivity index (χ2v) is 4.02. The molecule has 0 spiro atoms. The number of nitrogens with one attached hydrogen (secondary N) is 1. The van der Waals surface area contributed by atoms with Crippen molar-refractivity contribution in [2.45, 2.75) is 18.9 Å². The minimum absolute atomic E-state index is 0.100. The molecule has 3 rings (SSSR count). The molecule has 3 heterocycles. The van der Waals surface area contributed by atoms with Crippen molar-refractivity contribution >= 4 is 5.78 Å². The van der Waals surface area contributed by atoms with E-state index in [2.05, 4.69) is 15.4 Å². The fourth-order valence-corrected chi connectivity index (χ4v) is 2.12. The van der Waals surface area contributed by atoms with Crippen LogP contribution in [0.25, 0.3) is 5.78 Å². The van der Waals surface area contributed by atoms with Gasteiger partial charge in [-0.1, -0.05) is 0 Å². The Bertz CT molecular complexity index is 552. The molecule has 0 amide bonds. The predicted octanol–water partition coefficient (Wildman–Crippen LogP) is -0.185. The van der Waals surface area contributed by atoms with Crippen molar-refractivity contribution in [2.75, 3.05) is 13.1 Å². The van der Waals surface area contributed by atoms with Gasteiger partial charge in [-0.25, -0.2) is 18.9 Å². The molecular formula is C10H13N5O. The third kappa shape index (κ3) is 1.42. The van der Waals surface area contributed by atoms with Gasteiger partial charge < -0.3 is 5.32 Å². The Morgan fingerprint density at radius 3 is 3.19 bits per heavy atom. The lowest BCUT2D eigenvalue weighted by molar-refractivity contribution is 0.339. The van der Waals surface area contributed by atoms with Gasteiger partial charge in [-0.15, -0.1) is 5.10 Å². The van der Waals surface area contributed by atoms with Gasteiger partial charge >= 0.3 is 5.69 Å². The summed E-state index contributed by atoms with van der Waals surface area (Å²) in [6, 6.07) is 1.89. The van der Waals surface area contributed by atoms with Gasteiger partial charge in [0.15, 0.2) is 0 Å². The molecule has 1 aliphatic heterocycles. The maximum absolute atomic E-state index is 12.0. The molecular weight excluding hydrogens is 206 g/mol. The van der Waals surface area contributed by atoms with Crippen LogP contribution >= 0.6 is 0 Å². The molecule has 16 heavy (non-hydrogen) atoms. The Kier molecular flexibility index (Phi) is 2.21. The summed E-state index contributed by atoms with van der Waals surface area (Å²) in [7, 11) is 0. The van der Waals surface area contributed by atoms with Gasteiger partial charge in [0, 0.05) is 18.9 Å². The summed E-state index contributed by atoms with van der Waals surface area (Å²) in [4.78, 5) is 16.1. The maximum Gasteiger partial charge on any atom is 0.351 e. The molecule has 0 bridgehead atoms. The number of hydrogen-bond acceptors (Lipinski definition) is 4. The topological polar surface area (TPSA) is 64.2 Å². The van der Waals surface area contributed by atoms with Gasteiger partial charge in [-0.2, -0.15) is 0 Å². The summed E-state index contributed by atoms with van der Waals surface area (Å²) < 4.78 is 3.03. The van der Waals surface area contributed by atoms with Gasteiger partial charge in [0.2, 0.25) is 0 Å². The highest BCUT2D eigenvalue weighted by molar-refractivity contribution is 5.23. The van der Waals surface area contributed by atoms with E-state index in [0.717, 1.165) is 25.9 Å². The van der Waals surface area contributed by atoms with Crippen LogP contribution < -0.4 is 11.0 Å². The van der Waals surface area contributed by atoms with E-state index in [4.69, 9.17) is 0 Å². The summed E-state index contributed by atoms with van der Waals surface area (Å²) in [5, 5.41) is 7.53. The Morgan fingerprint density at radius 2 is 2.44 bits per heavy atom. The van der Waals surface area contributed by atoms with Crippen molar-refractivity contribution in [3.63, 3.8) is 0 Å². The summed E-state index contributed by atoms with van der Waals surface area (Å²) in [6.07, 6.45) is 5.42. The number of piperidine rings is 1. The third-order valence-corrected chi connectivity index (χ3v) is 2.94. The smallest absolute Gasteiger partial charge is 0.315 e. The van der Waals surface area contributed by atoms with Crippen LogP contribution in [0.15, 0.2) is 23.3 Å². The molecule has 84 valence electrons. The van der Waals surface area contributed by atoms with Crippen molar-refractivity contribution in [1.82, 2.24) is 24.5 Å². The molecule has 1 fully saturated rings. The normalized spacial score (nSPS) is 21.4. The predicted molar refractivity (Wildman–Crippen MR) is 58.4 cm³/mol. The van der Waals surface area contributed by atoms with E-state index >= 15 is 0 Å². The molecule has 6 heteroatoms. The van der Waals surface area contributed by atoms with Crippen LogP contribution in [0.5, 0.6) is 0 Å². The Morgan fingerprint density at radius 1 is 1.50 bits per heavy atom. The summed E-state index contributed by atoms with van der Waals surface area (Å²) in [5.74, 6) is 0.470.